The predicted molar refractivity (Wildman–Crippen MR) is 88.7 cm³/mol. The average molecular weight is 281 g/mol. The highest BCUT2D eigenvalue weighted by Crippen LogP contribution is 2.22. The lowest BCUT2D eigenvalue weighted by Gasteiger charge is -2.14. The van der Waals surface area contributed by atoms with Crippen molar-refractivity contribution in [1.82, 2.24) is 0 Å². The third kappa shape index (κ3) is 4.45. The van der Waals surface area contributed by atoms with Crippen molar-refractivity contribution < 1.29 is 4.84 Å². The van der Waals surface area contributed by atoms with Gasteiger partial charge in [0.15, 0.2) is 6.10 Å². The van der Waals surface area contributed by atoms with Crippen LogP contribution in [0.3, 0.4) is 0 Å². The van der Waals surface area contributed by atoms with Crippen molar-refractivity contribution in [2.24, 2.45) is 5.16 Å². The summed E-state index contributed by atoms with van der Waals surface area (Å²) in [4.78, 5) is 5.74. The number of hydrogen-bond acceptors (Lipinski definition) is 2. The Morgan fingerprint density at radius 2 is 1.86 bits per heavy atom. The molecule has 2 nitrogen and oxygen atoms in total. The monoisotopic (exact) mass is 281 g/mol. The molecule has 0 fully saturated rings. The number of benzene rings is 2. The van der Waals surface area contributed by atoms with Crippen LogP contribution in [0.2, 0.25) is 0 Å². The maximum Gasteiger partial charge on any atom is 0.152 e. The Morgan fingerprint density at radius 3 is 2.57 bits per heavy atom. The second-order valence-corrected chi connectivity index (χ2v) is 5.39. The Bertz CT molecular complexity index is 590. The predicted octanol–water partition coefficient (Wildman–Crippen LogP) is 5.20. The van der Waals surface area contributed by atoms with E-state index in [1.807, 2.05) is 24.4 Å². The van der Waals surface area contributed by atoms with Crippen molar-refractivity contribution in [3.8, 4) is 0 Å². The zero-order valence-corrected chi connectivity index (χ0v) is 13.0. The van der Waals surface area contributed by atoms with Crippen LogP contribution in [0.15, 0.2) is 53.7 Å². The second kappa shape index (κ2) is 7.63. The number of aryl methyl sites for hydroxylation is 2. The fourth-order valence-corrected chi connectivity index (χ4v) is 2.27. The molecule has 0 aliphatic rings. The fraction of sp³-hybridized carbons (Fsp3) is 0.316. The Labute approximate surface area is 127 Å². The van der Waals surface area contributed by atoms with Gasteiger partial charge >= 0.3 is 0 Å². The highest BCUT2D eigenvalue weighted by atomic mass is 16.6. The molecular weight excluding hydrogens is 258 g/mol. The summed E-state index contributed by atoms with van der Waals surface area (Å²) in [6, 6.07) is 16.6. The second-order valence-electron chi connectivity index (χ2n) is 5.39. The van der Waals surface area contributed by atoms with Crippen LogP contribution in [0, 0.1) is 13.8 Å². The minimum absolute atomic E-state index is 0.0255. The van der Waals surface area contributed by atoms with Crippen LogP contribution in [0.4, 0.5) is 0 Å². The molecule has 0 heterocycles. The molecule has 21 heavy (non-hydrogen) atoms. The molecule has 2 aromatic rings. The van der Waals surface area contributed by atoms with E-state index in [0.29, 0.717) is 0 Å². The van der Waals surface area contributed by atoms with Crippen LogP contribution in [0.25, 0.3) is 0 Å². The van der Waals surface area contributed by atoms with E-state index in [-0.39, 0.29) is 6.10 Å². The van der Waals surface area contributed by atoms with Gasteiger partial charge < -0.3 is 4.84 Å². The summed E-state index contributed by atoms with van der Waals surface area (Å²) in [5, 5.41) is 4.21. The molecule has 0 unspecified atom stereocenters. The van der Waals surface area contributed by atoms with Crippen molar-refractivity contribution >= 4 is 6.21 Å². The van der Waals surface area contributed by atoms with Crippen molar-refractivity contribution in [2.45, 2.75) is 39.7 Å². The van der Waals surface area contributed by atoms with Gasteiger partial charge in [0.25, 0.3) is 0 Å². The summed E-state index contributed by atoms with van der Waals surface area (Å²) in [7, 11) is 0. The Morgan fingerprint density at radius 1 is 1.10 bits per heavy atom. The van der Waals surface area contributed by atoms with E-state index in [1.54, 1.807) is 0 Å². The van der Waals surface area contributed by atoms with E-state index >= 15 is 0 Å². The lowest BCUT2D eigenvalue weighted by molar-refractivity contribution is 0.0528. The highest BCUT2D eigenvalue weighted by Gasteiger charge is 2.10. The van der Waals surface area contributed by atoms with Crippen molar-refractivity contribution in [2.75, 3.05) is 0 Å². The summed E-state index contributed by atoms with van der Waals surface area (Å²) in [6.07, 6.45) is 3.87. The zero-order valence-electron chi connectivity index (χ0n) is 13.0. The molecule has 2 rings (SSSR count). The molecule has 1 atom stereocenters. The van der Waals surface area contributed by atoms with Crippen LogP contribution in [0.1, 0.15) is 48.1 Å². The van der Waals surface area contributed by atoms with E-state index in [0.717, 1.165) is 18.4 Å². The number of hydrogen-bond donors (Lipinski definition) is 0. The minimum Gasteiger partial charge on any atom is -0.388 e. The van der Waals surface area contributed by atoms with E-state index < -0.39 is 0 Å². The topological polar surface area (TPSA) is 21.6 Å². The van der Waals surface area contributed by atoms with Crippen LogP contribution in [-0.4, -0.2) is 6.21 Å². The maximum absolute atomic E-state index is 5.74. The Balaban J connectivity index is 2.08. The molecule has 2 heteroatoms. The summed E-state index contributed by atoms with van der Waals surface area (Å²) < 4.78 is 0. The normalized spacial score (nSPS) is 12.5. The molecule has 0 N–H and O–H groups in total. The van der Waals surface area contributed by atoms with Crippen molar-refractivity contribution in [3.05, 3.63) is 70.8 Å². The zero-order chi connectivity index (χ0) is 15.1. The molecule has 0 bridgehead atoms. The van der Waals surface area contributed by atoms with E-state index in [9.17, 15) is 0 Å². The van der Waals surface area contributed by atoms with Gasteiger partial charge in [-0.2, -0.15) is 0 Å². The summed E-state index contributed by atoms with van der Waals surface area (Å²) in [6.45, 7) is 6.33. The molecular formula is C19H23NO. The third-order valence-electron chi connectivity index (χ3n) is 3.54. The SMILES string of the molecule is CCC[C@H](O/N=C/c1cc(C)ccc1C)c1ccccc1. The molecule has 0 aliphatic heterocycles. The molecule has 0 saturated carbocycles. The molecule has 110 valence electrons. The molecule has 0 radical (unpaired) electrons. The van der Waals surface area contributed by atoms with Gasteiger partial charge in [0.1, 0.15) is 0 Å². The van der Waals surface area contributed by atoms with Crippen molar-refractivity contribution in [1.29, 1.82) is 0 Å². The number of oxime groups is 1. The van der Waals surface area contributed by atoms with E-state index in [2.05, 4.69) is 56.3 Å². The molecule has 2 aromatic carbocycles. The van der Waals surface area contributed by atoms with Gasteiger partial charge in [-0.25, -0.2) is 0 Å². The third-order valence-corrected chi connectivity index (χ3v) is 3.54. The summed E-state index contributed by atoms with van der Waals surface area (Å²) in [5.41, 5.74) is 4.73. The van der Waals surface area contributed by atoms with Gasteiger partial charge in [-0.1, -0.05) is 72.6 Å². The standard InChI is InChI=1S/C19H23NO/c1-4-8-19(17-9-6-5-7-10-17)21-20-14-18-13-15(2)11-12-16(18)3/h5-7,9-14,19H,4,8H2,1-3H3/b20-14+/t19-/m0/s1. The average Bonchev–Trinajstić information content (AvgIpc) is 2.51. The van der Waals surface area contributed by atoms with Gasteiger partial charge in [0.2, 0.25) is 0 Å². The maximum atomic E-state index is 5.74. The van der Waals surface area contributed by atoms with Crippen LogP contribution >= 0.6 is 0 Å². The van der Waals surface area contributed by atoms with Gasteiger partial charge in [0.05, 0.1) is 6.21 Å². The van der Waals surface area contributed by atoms with Gasteiger partial charge in [-0.05, 0) is 37.0 Å². The highest BCUT2D eigenvalue weighted by molar-refractivity contribution is 5.81. The number of nitrogens with zero attached hydrogens (tertiary/aromatic N) is 1. The van der Waals surface area contributed by atoms with Crippen LogP contribution in [0.5, 0.6) is 0 Å². The molecule has 0 aromatic heterocycles. The first-order valence-corrected chi connectivity index (χ1v) is 7.52. The molecule has 0 amide bonds. The lowest BCUT2D eigenvalue weighted by Crippen LogP contribution is -2.01. The van der Waals surface area contributed by atoms with Gasteiger partial charge in [-0.3, -0.25) is 0 Å². The Kier molecular flexibility index (Phi) is 5.56. The van der Waals surface area contributed by atoms with Gasteiger partial charge in [-0.15, -0.1) is 0 Å². The Hall–Kier alpha value is -2.09. The number of rotatable bonds is 6. The van der Waals surface area contributed by atoms with Crippen molar-refractivity contribution in [3.63, 3.8) is 0 Å². The lowest BCUT2D eigenvalue weighted by atomic mass is 10.1. The molecule has 0 spiro atoms. The van der Waals surface area contributed by atoms with Crippen LogP contribution < -0.4 is 0 Å². The summed E-state index contributed by atoms with van der Waals surface area (Å²) >= 11 is 0. The molecule has 0 aliphatic carbocycles. The summed E-state index contributed by atoms with van der Waals surface area (Å²) in [5.74, 6) is 0. The quantitative estimate of drug-likeness (QED) is 0.527. The van der Waals surface area contributed by atoms with Gasteiger partial charge in [0, 0.05) is 0 Å². The molecule has 0 saturated heterocycles. The first-order valence-electron chi connectivity index (χ1n) is 7.52. The fourth-order valence-electron chi connectivity index (χ4n) is 2.27. The van der Waals surface area contributed by atoms with E-state index in [1.165, 1.54) is 16.7 Å². The van der Waals surface area contributed by atoms with E-state index in [4.69, 9.17) is 4.84 Å². The minimum atomic E-state index is 0.0255. The first-order chi connectivity index (χ1) is 10.2. The smallest absolute Gasteiger partial charge is 0.152 e. The van der Waals surface area contributed by atoms with Crippen LogP contribution in [-0.2, 0) is 4.84 Å². The largest absolute Gasteiger partial charge is 0.388 e. The first kappa shape index (κ1) is 15.3.